The highest BCUT2D eigenvalue weighted by Gasteiger charge is 2.22. The normalized spacial score (nSPS) is 24.6. The van der Waals surface area contributed by atoms with E-state index >= 15 is 0 Å². The average Bonchev–Trinajstić information content (AvgIpc) is 2.29. The van der Waals surface area contributed by atoms with Crippen molar-refractivity contribution >= 4 is 5.91 Å². The molecule has 4 heteroatoms. The van der Waals surface area contributed by atoms with Crippen molar-refractivity contribution in [3.63, 3.8) is 0 Å². The van der Waals surface area contributed by atoms with Crippen LogP contribution in [0.25, 0.3) is 0 Å². The van der Waals surface area contributed by atoms with E-state index in [2.05, 4.69) is 24.1 Å². The minimum Gasteiger partial charge on any atom is -0.355 e. The molecular formula is C14H29N3O. The molecule has 0 spiro atoms. The van der Waals surface area contributed by atoms with Gasteiger partial charge >= 0.3 is 0 Å². The highest BCUT2D eigenvalue weighted by atomic mass is 16.2. The molecule has 0 radical (unpaired) electrons. The first kappa shape index (κ1) is 15.4. The second-order valence-corrected chi connectivity index (χ2v) is 6.02. The molecule has 0 aliphatic heterocycles. The van der Waals surface area contributed by atoms with Crippen LogP contribution in [0.4, 0.5) is 0 Å². The van der Waals surface area contributed by atoms with Gasteiger partial charge in [-0.1, -0.05) is 13.8 Å². The molecule has 0 unspecified atom stereocenters. The number of carbonyl (C=O) groups is 1. The maximum absolute atomic E-state index is 11.8. The summed E-state index contributed by atoms with van der Waals surface area (Å²) in [5, 5.41) is 2.99. The molecule has 4 nitrogen and oxygen atoms in total. The van der Waals surface area contributed by atoms with Crippen molar-refractivity contribution < 1.29 is 4.79 Å². The highest BCUT2D eigenvalue weighted by molar-refractivity contribution is 5.77. The first-order chi connectivity index (χ1) is 8.49. The lowest BCUT2D eigenvalue weighted by atomic mass is 9.91. The first-order valence-electron chi connectivity index (χ1n) is 7.21. The Kier molecular flexibility index (Phi) is 6.65. The van der Waals surface area contributed by atoms with Gasteiger partial charge in [-0.3, -0.25) is 9.69 Å². The number of hydrogen-bond donors (Lipinski definition) is 2. The van der Waals surface area contributed by atoms with Gasteiger partial charge < -0.3 is 11.1 Å². The molecular weight excluding hydrogens is 226 g/mol. The van der Waals surface area contributed by atoms with Crippen molar-refractivity contribution in [2.45, 2.75) is 58.0 Å². The number of rotatable bonds is 6. The van der Waals surface area contributed by atoms with E-state index in [1.165, 1.54) is 0 Å². The van der Waals surface area contributed by atoms with Gasteiger partial charge in [0.1, 0.15) is 0 Å². The molecule has 1 rings (SSSR count). The van der Waals surface area contributed by atoms with Gasteiger partial charge in [0.2, 0.25) is 5.91 Å². The third-order valence-electron chi connectivity index (χ3n) is 3.80. The summed E-state index contributed by atoms with van der Waals surface area (Å²) in [5.74, 6) is 0.788. The van der Waals surface area contributed by atoms with E-state index in [1.807, 2.05) is 7.05 Å². The molecule has 0 bridgehead atoms. The Balaban J connectivity index is 2.18. The molecule has 1 fully saturated rings. The Morgan fingerprint density at radius 1 is 1.33 bits per heavy atom. The lowest BCUT2D eigenvalue weighted by molar-refractivity contribution is -0.122. The van der Waals surface area contributed by atoms with Crippen molar-refractivity contribution in [3.8, 4) is 0 Å². The van der Waals surface area contributed by atoms with Gasteiger partial charge in [0.05, 0.1) is 6.54 Å². The molecule has 18 heavy (non-hydrogen) atoms. The Morgan fingerprint density at radius 2 is 1.94 bits per heavy atom. The van der Waals surface area contributed by atoms with Crippen LogP contribution < -0.4 is 11.1 Å². The van der Waals surface area contributed by atoms with Crippen LogP contribution in [-0.2, 0) is 4.79 Å². The molecule has 0 atom stereocenters. The lowest BCUT2D eigenvalue weighted by Crippen LogP contribution is -2.43. The molecule has 0 heterocycles. The lowest BCUT2D eigenvalue weighted by Gasteiger charge is -2.33. The van der Waals surface area contributed by atoms with Crippen molar-refractivity contribution in [2.24, 2.45) is 11.7 Å². The average molecular weight is 255 g/mol. The van der Waals surface area contributed by atoms with Crippen LogP contribution in [0, 0.1) is 5.92 Å². The summed E-state index contributed by atoms with van der Waals surface area (Å²) < 4.78 is 0. The molecule has 0 aromatic carbocycles. The zero-order chi connectivity index (χ0) is 13.5. The SMILES string of the molecule is CC(C)CCNC(=O)CN(C)C1CCC(N)CC1. The van der Waals surface area contributed by atoms with E-state index in [0.717, 1.165) is 38.6 Å². The summed E-state index contributed by atoms with van der Waals surface area (Å²) >= 11 is 0. The fourth-order valence-electron chi connectivity index (χ4n) is 2.45. The second-order valence-electron chi connectivity index (χ2n) is 6.02. The van der Waals surface area contributed by atoms with Crippen LogP contribution in [0.1, 0.15) is 46.0 Å². The van der Waals surface area contributed by atoms with E-state index in [9.17, 15) is 4.79 Å². The first-order valence-corrected chi connectivity index (χ1v) is 7.21. The number of hydrogen-bond acceptors (Lipinski definition) is 3. The number of nitrogens with zero attached hydrogens (tertiary/aromatic N) is 1. The fourth-order valence-corrected chi connectivity index (χ4v) is 2.45. The molecule has 0 saturated heterocycles. The monoisotopic (exact) mass is 255 g/mol. The smallest absolute Gasteiger partial charge is 0.234 e. The predicted octanol–water partition coefficient (Wildman–Crippen LogP) is 1.35. The van der Waals surface area contributed by atoms with Gasteiger partial charge in [-0.15, -0.1) is 0 Å². The van der Waals surface area contributed by atoms with E-state index < -0.39 is 0 Å². The van der Waals surface area contributed by atoms with Crippen LogP contribution in [-0.4, -0.2) is 43.0 Å². The molecule has 1 aliphatic carbocycles. The number of likely N-dealkylation sites (N-methyl/N-ethyl adjacent to an activating group) is 1. The Hall–Kier alpha value is -0.610. The largest absolute Gasteiger partial charge is 0.355 e. The summed E-state index contributed by atoms with van der Waals surface area (Å²) in [6, 6.07) is 0.898. The number of nitrogens with two attached hydrogens (primary N) is 1. The third kappa shape index (κ3) is 5.83. The number of carbonyl (C=O) groups excluding carboxylic acids is 1. The van der Waals surface area contributed by atoms with Crippen LogP contribution in [0.15, 0.2) is 0 Å². The molecule has 1 amide bonds. The summed E-state index contributed by atoms with van der Waals surface area (Å²) in [4.78, 5) is 13.9. The zero-order valence-electron chi connectivity index (χ0n) is 12.1. The third-order valence-corrected chi connectivity index (χ3v) is 3.80. The predicted molar refractivity (Wildman–Crippen MR) is 75.3 cm³/mol. The van der Waals surface area contributed by atoms with Crippen molar-refractivity contribution in [1.29, 1.82) is 0 Å². The second kappa shape index (κ2) is 7.74. The van der Waals surface area contributed by atoms with Crippen LogP contribution in [0.2, 0.25) is 0 Å². The summed E-state index contributed by atoms with van der Waals surface area (Å²) in [6.07, 6.45) is 5.47. The zero-order valence-corrected chi connectivity index (χ0v) is 12.1. The van der Waals surface area contributed by atoms with Crippen LogP contribution in [0.5, 0.6) is 0 Å². The topological polar surface area (TPSA) is 58.4 Å². The Morgan fingerprint density at radius 3 is 2.50 bits per heavy atom. The van der Waals surface area contributed by atoms with Gasteiger partial charge in [0.15, 0.2) is 0 Å². The van der Waals surface area contributed by atoms with Crippen molar-refractivity contribution in [1.82, 2.24) is 10.2 Å². The van der Waals surface area contributed by atoms with Crippen molar-refractivity contribution in [2.75, 3.05) is 20.1 Å². The fraction of sp³-hybridized carbons (Fsp3) is 0.929. The van der Waals surface area contributed by atoms with Gasteiger partial charge in [0.25, 0.3) is 0 Å². The molecule has 106 valence electrons. The van der Waals surface area contributed by atoms with E-state index in [-0.39, 0.29) is 5.91 Å². The molecule has 1 aliphatic rings. The Bertz CT molecular complexity index is 247. The summed E-state index contributed by atoms with van der Waals surface area (Å²) in [6.45, 7) is 5.64. The standard InChI is InChI=1S/C14H29N3O/c1-11(2)8-9-16-14(18)10-17(3)13-6-4-12(15)5-7-13/h11-13H,4-10,15H2,1-3H3,(H,16,18). The Labute approximate surface area is 111 Å². The minimum atomic E-state index is 0.146. The maximum atomic E-state index is 11.8. The number of nitrogens with one attached hydrogen (secondary N) is 1. The van der Waals surface area contributed by atoms with Crippen LogP contribution in [0.3, 0.4) is 0 Å². The van der Waals surface area contributed by atoms with E-state index in [0.29, 0.717) is 24.5 Å². The van der Waals surface area contributed by atoms with Crippen LogP contribution >= 0.6 is 0 Å². The number of amides is 1. The van der Waals surface area contributed by atoms with Crippen molar-refractivity contribution in [3.05, 3.63) is 0 Å². The highest BCUT2D eigenvalue weighted by Crippen LogP contribution is 2.20. The molecule has 0 aromatic rings. The summed E-state index contributed by atoms with van der Waals surface area (Å²) in [5.41, 5.74) is 5.89. The van der Waals surface area contributed by atoms with E-state index in [4.69, 9.17) is 5.73 Å². The van der Waals surface area contributed by atoms with Gasteiger partial charge in [-0.25, -0.2) is 0 Å². The molecule has 1 saturated carbocycles. The van der Waals surface area contributed by atoms with Gasteiger partial charge in [-0.05, 0) is 45.1 Å². The minimum absolute atomic E-state index is 0.146. The molecule has 3 N–H and O–H groups in total. The van der Waals surface area contributed by atoms with Gasteiger partial charge in [-0.2, -0.15) is 0 Å². The summed E-state index contributed by atoms with van der Waals surface area (Å²) in [7, 11) is 2.05. The molecule has 0 aromatic heterocycles. The van der Waals surface area contributed by atoms with Gasteiger partial charge in [0, 0.05) is 18.6 Å². The quantitative estimate of drug-likeness (QED) is 0.753. The van der Waals surface area contributed by atoms with E-state index in [1.54, 1.807) is 0 Å². The maximum Gasteiger partial charge on any atom is 0.234 e.